The SMILES string of the molecule is c1ccc2cc(-c3ccc(-c4cc(-c5cccc6ccccc56)c5ccc6ccc(-c7cccc8ccccc78)c7ccc4c5c67)cc3)ccc2c1. The highest BCUT2D eigenvalue weighted by atomic mass is 14.2. The molecule has 11 rings (SSSR count). The molecule has 0 N–H and O–H groups in total. The lowest BCUT2D eigenvalue weighted by Gasteiger charge is -2.20. The predicted octanol–water partition coefficient (Wildman–Crippen LogP) is 14.7. The van der Waals surface area contributed by atoms with Crippen molar-refractivity contribution in [2.45, 2.75) is 0 Å². The second-order valence-electron chi connectivity index (χ2n) is 14.0. The van der Waals surface area contributed by atoms with Gasteiger partial charge in [-0.25, -0.2) is 0 Å². The predicted molar refractivity (Wildman–Crippen MR) is 224 cm³/mol. The summed E-state index contributed by atoms with van der Waals surface area (Å²) in [5.41, 5.74) is 10.0. The summed E-state index contributed by atoms with van der Waals surface area (Å²) in [4.78, 5) is 0. The molecule has 0 heteroatoms. The Morgan fingerprint density at radius 2 is 0.673 bits per heavy atom. The van der Waals surface area contributed by atoms with Gasteiger partial charge in [0.15, 0.2) is 0 Å². The van der Waals surface area contributed by atoms with Gasteiger partial charge in [0, 0.05) is 0 Å². The minimum absolute atomic E-state index is 1.22. The van der Waals surface area contributed by atoms with Gasteiger partial charge in [0.05, 0.1) is 0 Å². The summed E-state index contributed by atoms with van der Waals surface area (Å²) >= 11 is 0. The van der Waals surface area contributed by atoms with Crippen molar-refractivity contribution < 1.29 is 0 Å². The van der Waals surface area contributed by atoms with Crippen LogP contribution in [0.5, 0.6) is 0 Å². The third-order valence-corrected chi connectivity index (χ3v) is 11.2. The second-order valence-corrected chi connectivity index (χ2v) is 14.0. The molecule has 0 heterocycles. The van der Waals surface area contributed by atoms with Crippen LogP contribution in [0.4, 0.5) is 0 Å². The standard InChI is InChI=1S/C52H32/c1-2-12-39-31-40(24-21-33(39)9-1)34-19-22-37(23-20-34)49-32-50(44-18-8-14-36-11-4-6-16-42(36)44)48-28-26-38-25-27-45(46-29-30-47(49)52(48)51(38)46)43-17-7-13-35-10-3-5-15-41(35)43/h1-32H. The van der Waals surface area contributed by atoms with Gasteiger partial charge in [-0.3, -0.25) is 0 Å². The summed E-state index contributed by atoms with van der Waals surface area (Å²) in [6.45, 7) is 0. The Morgan fingerprint density at radius 1 is 0.192 bits per heavy atom. The van der Waals surface area contributed by atoms with Gasteiger partial charge >= 0.3 is 0 Å². The fourth-order valence-corrected chi connectivity index (χ4v) is 8.73. The molecule has 0 saturated heterocycles. The zero-order valence-electron chi connectivity index (χ0n) is 28.5. The first kappa shape index (κ1) is 29.0. The second kappa shape index (κ2) is 11.4. The van der Waals surface area contributed by atoms with E-state index in [0.717, 1.165) is 0 Å². The Balaban J connectivity index is 1.19. The lowest BCUT2D eigenvalue weighted by Crippen LogP contribution is -1.93. The molecule has 11 aromatic rings. The van der Waals surface area contributed by atoms with Crippen LogP contribution in [0.2, 0.25) is 0 Å². The Labute approximate surface area is 302 Å². The van der Waals surface area contributed by atoms with E-state index in [9.17, 15) is 0 Å². The molecule has 0 aromatic heterocycles. The quantitative estimate of drug-likeness (QED) is 0.165. The van der Waals surface area contributed by atoms with E-state index in [1.165, 1.54) is 109 Å². The highest BCUT2D eigenvalue weighted by Crippen LogP contribution is 2.47. The minimum atomic E-state index is 1.22. The van der Waals surface area contributed by atoms with Crippen molar-refractivity contribution in [2.75, 3.05) is 0 Å². The van der Waals surface area contributed by atoms with Gasteiger partial charge in [-0.1, -0.05) is 182 Å². The minimum Gasteiger partial charge on any atom is -0.0616 e. The van der Waals surface area contributed by atoms with E-state index in [4.69, 9.17) is 0 Å². The van der Waals surface area contributed by atoms with Crippen LogP contribution < -0.4 is 0 Å². The highest BCUT2D eigenvalue weighted by Gasteiger charge is 2.20. The molecule has 0 aliphatic heterocycles. The molecule has 0 radical (unpaired) electrons. The summed E-state index contributed by atoms with van der Waals surface area (Å²) in [5.74, 6) is 0. The number of hydrogen-bond acceptors (Lipinski definition) is 0. The van der Waals surface area contributed by atoms with Crippen molar-refractivity contribution in [3.8, 4) is 44.5 Å². The number of benzene rings is 11. The van der Waals surface area contributed by atoms with Crippen molar-refractivity contribution in [2.24, 2.45) is 0 Å². The maximum absolute atomic E-state index is 2.44. The zero-order valence-corrected chi connectivity index (χ0v) is 28.5. The van der Waals surface area contributed by atoms with Crippen molar-refractivity contribution in [3.05, 3.63) is 194 Å². The molecule has 0 atom stereocenters. The molecule has 0 unspecified atom stereocenters. The van der Waals surface area contributed by atoms with Gasteiger partial charge in [-0.15, -0.1) is 0 Å². The van der Waals surface area contributed by atoms with Gasteiger partial charge in [-0.2, -0.15) is 0 Å². The molecule has 0 fully saturated rings. The smallest absolute Gasteiger partial charge is 0.00141 e. The molecular weight excluding hydrogens is 625 g/mol. The monoisotopic (exact) mass is 656 g/mol. The number of fused-ring (bicyclic) bond motifs is 3. The van der Waals surface area contributed by atoms with Crippen LogP contribution >= 0.6 is 0 Å². The molecule has 0 bridgehead atoms. The van der Waals surface area contributed by atoms with Crippen LogP contribution in [-0.2, 0) is 0 Å². The maximum atomic E-state index is 2.44. The van der Waals surface area contributed by atoms with Crippen LogP contribution in [0.1, 0.15) is 0 Å². The molecule has 0 saturated carbocycles. The van der Waals surface area contributed by atoms with E-state index in [-0.39, 0.29) is 0 Å². The molecule has 0 spiro atoms. The lowest BCUT2D eigenvalue weighted by molar-refractivity contribution is 1.62. The van der Waals surface area contributed by atoms with E-state index >= 15 is 0 Å². The Morgan fingerprint density at radius 3 is 1.40 bits per heavy atom. The summed E-state index contributed by atoms with van der Waals surface area (Å²) in [5, 5.41) is 15.4. The molecule has 240 valence electrons. The number of rotatable bonds is 4. The highest BCUT2D eigenvalue weighted by molar-refractivity contribution is 6.31. The first-order valence-corrected chi connectivity index (χ1v) is 18.1. The molecule has 52 heavy (non-hydrogen) atoms. The van der Waals surface area contributed by atoms with E-state index in [2.05, 4.69) is 194 Å². The van der Waals surface area contributed by atoms with E-state index in [1.807, 2.05) is 0 Å². The van der Waals surface area contributed by atoms with Crippen LogP contribution in [-0.4, -0.2) is 0 Å². The molecule has 0 nitrogen and oxygen atoms in total. The average molecular weight is 657 g/mol. The van der Waals surface area contributed by atoms with Crippen molar-refractivity contribution in [1.82, 2.24) is 0 Å². The van der Waals surface area contributed by atoms with Crippen LogP contribution in [0.25, 0.3) is 109 Å². The van der Waals surface area contributed by atoms with Gasteiger partial charge < -0.3 is 0 Å². The Bertz CT molecular complexity index is 3150. The van der Waals surface area contributed by atoms with E-state index < -0.39 is 0 Å². The number of hydrogen-bond donors (Lipinski definition) is 0. The van der Waals surface area contributed by atoms with Crippen LogP contribution in [0.3, 0.4) is 0 Å². The lowest BCUT2D eigenvalue weighted by atomic mass is 9.83. The van der Waals surface area contributed by atoms with Gasteiger partial charge in [0.25, 0.3) is 0 Å². The van der Waals surface area contributed by atoms with Crippen molar-refractivity contribution in [3.63, 3.8) is 0 Å². The zero-order chi connectivity index (χ0) is 34.2. The molecule has 0 aliphatic rings. The van der Waals surface area contributed by atoms with Gasteiger partial charge in [-0.05, 0) is 121 Å². The Hall–Kier alpha value is -6.76. The normalized spacial score (nSPS) is 11.8. The fourth-order valence-electron chi connectivity index (χ4n) is 8.73. The van der Waals surface area contributed by atoms with Crippen LogP contribution in [0.15, 0.2) is 194 Å². The molecule has 0 amide bonds. The van der Waals surface area contributed by atoms with E-state index in [1.54, 1.807) is 0 Å². The van der Waals surface area contributed by atoms with E-state index in [0.29, 0.717) is 0 Å². The summed E-state index contributed by atoms with van der Waals surface area (Å²) in [6.07, 6.45) is 0. The first-order chi connectivity index (χ1) is 25.8. The average Bonchev–Trinajstić information content (AvgIpc) is 3.22. The summed E-state index contributed by atoms with van der Waals surface area (Å²) in [7, 11) is 0. The molecule has 11 aromatic carbocycles. The van der Waals surface area contributed by atoms with Crippen molar-refractivity contribution >= 4 is 64.6 Å². The fraction of sp³-hybridized carbons (Fsp3) is 0. The Kier molecular flexibility index (Phi) is 6.35. The maximum Gasteiger partial charge on any atom is -0.00141 e. The van der Waals surface area contributed by atoms with Crippen LogP contribution in [0, 0.1) is 0 Å². The van der Waals surface area contributed by atoms with Gasteiger partial charge in [0.1, 0.15) is 0 Å². The first-order valence-electron chi connectivity index (χ1n) is 18.1. The molecule has 0 aliphatic carbocycles. The third-order valence-electron chi connectivity index (χ3n) is 11.2. The molecular formula is C52H32. The van der Waals surface area contributed by atoms with Gasteiger partial charge in [0.2, 0.25) is 0 Å². The third kappa shape index (κ3) is 4.41. The summed E-state index contributed by atoms with van der Waals surface area (Å²) < 4.78 is 0. The van der Waals surface area contributed by atoms with Crippen molar-refractivity contribution in [1.29, 1.82) is 0 Å². The topological polar surface area (TPSA) is 0 Å². The summed E-state index contributed by atoms with van der Waals surface area (Å²) in [6, 6.07) is 71.9. The largest absolute Gasteiger partial charge is 0.0616 e.